The molecule has 0 aliphatic rings. The van der Waals surface area contributed by atoms with Crippen LogP contribution in [-0.4, -0.2) is 55.5 Å². The molecule has 2 heterocycles. The molecule has 1 aromatic carbocycles. The zero-order valence-corrected chi connectivity index (χ0v) is 19.2. The van der Waals surface area contributed by atoms with E-state index in [1.807, 2.05) is 12.1 Å². The number of aromatic nitrogens is 4. The number of ether oxygens (including phenoxy) is 1. The minimum absolute atomic E-state index is 0.199. The van der Waals surface area contributed by atoms with Crippen LogP contribution < -0.4 is 10.6 Å². The van der Waals surface area contributed by atoms with Crippen LogP contribution in [0.2, 0.25) is 0 Å². The second kappa shape index (κ2) is 11.3. The van der Waals surface area contributed by atoms with E-state index in [4.69, 9.17) is 4.74 Å². The van der Waals surface area contributed by atoms with Crippen molar-refractivity contribution in [2.45, 2.75) is 46.0 Å². The number of imidazole rings is 2. The first kappa shape index (κ1) is 24.0. The smallest absolute Gasteiger partial charge is 0.407 e. The Hall–Kier alpha value is -3.66. The second-order valence-electron chi connectivity index (χ2n) is 8.60. The largest absolute Gasteiger partial charge is 0.444 e. The van der Waals surface area contributed by atoms with Gasteiger partial charge in [-0.2, -0.15) is 0 Å². The van der Waals surface area contributed by atoms with Gasteiger partial charge in [0.05, 0.1) is 13.1 Å². The second-order valence-corrected chi connectivity index (χ2v) is 8.60. The zero-order valence-electron chi connectivity index (χ0n) is 19.2. The van der Waals surface area contributed by atoms with Gasteiger partial charge in [-0.3, -0.25) is 9.69 Å². The van der Waals surface area contributed by atoms with Crippen molar-refractivity contribution in [3.63, 3.8) is 0 Å². The molecular formula is C23H31N7O3. The molecule has 0 aliphatic heterocycles. The normalized spacial score (nSPS) is 11.4. The molecule has 0 saturated heterocycles. The van der Waals surface area contributed by atoms with Crippen LogP contribution in [0.25, 0.3) is 0 Å². The van der Waals surface area contributed by atoms with E-state index in [0.717, 1.165) is 17.2 Å². The lowest BCUT2D eigenvalue weighted by Crippen LogP contribution is -2.37. The Bertz CT molecular complexity index is 958. The Labute approximate surface area is 193 Å². The average molecular weight is 454 g/mol. The zero-order chi connectivity index (χ0) is 23.7. The number of amides is 2. The molecule has 0 atom stereocenters. The highest BCUT2D eigenvalue weighted by Gasteiger charge is 2.16. The highest BCUT2D eigenvalue weighted by molar-refractivity contribution is 5.94. The van der Waals surface area contributed by atoms with Crippen molar-refractivity contribution in [3.8, 4) is 0 Å². The summed E-state index contributed by atoms with van der Waals surface area (Å²) in [5.41, 5.74) is 1.07. The van der Waals surface area contributed by atoms with Gasteiger partial charge in [0, 0.05) is 50.0 Å². The van der Waals surface area contributed by atoms with E-state index in [-0.39, 0.29) is 12.5 Å². The number of hydrogen-bond acceptors (Lipinski definition) is 6. The van der Waals surface area contributed by atoms with Gasteiger partial charge >= 0.3 is 6.09 Å². The van der Waals surface area contributed by atoms with Gasteiger partial charge in [0.15, 0.2) is 0 Å². The van der Waals surface area contributed by atoms with Crippen LogP contribution in [0.15, 0.2) is 49.1 Å². The monoisotopic (exact) mass is 453 g/mol. The molecule has 0 radical (unpaired) electrons. The van der Waals surface area contributed by atoms with Crippen LogP contribution in [0.3, 0.4) is 0 Å². The SMILES string of the molecule is CC(C)(C)OC(=O)NCCNC(=O)c1ccc(CN(Cc2ncc[nH]2)Cc2ncc[nH]2)cc1. The van der Waals surface area contributed by atoms with Crippen LogP contribution in [0.5, 0.6) is 0 Å². The quantitative estimate of drug-likeness (QED) is 0.349. The molecule has 33 heavy (non-hydrogen) atoms. The maximum absolute atomic E-state index is 12.4. The highest BCUT2D eigenvalue weighted by atomic mass is 16.6. The van der Waals surface area contributed by atoms with E-state index >= 15 is 0 Å². The average Bonchev–Trinajstić information content (AvgIpc) is 3.45. The summed E-state index contributed by atoms with van der Waals surface area (Å²) in [7, 11) is 0. The summed E-state index contributed by atoms with van der Waals surface area (Å²) in [6.07, 6.45) is 6.57. The van der Waals surface area contributed by atoms with Gasteiger partial charge in [0.25, 0.3) is 5.91 Å². The standard InChI is InChI=1S/C23H31N7O3/c1-23(2,3)33-22(32)29-13-12-28-21(31)18-6-4-17(5-7-18)14-30(15-19-24-8-9-25-19)16-20-26-10-11-27-20/h4-11H,12-16H2,1-3H3,(H,24,25)(H,26,27)(H,28,31)(H,29,32). The molecule has 10 heteroatoms. The maximum Gasteiger partial charge on any atom is 0.407 e. The number of carbonyl (C=O) groups is 2. The number of carbonyl (C=O) groups excluding carboxylic acids is 2. The number of rotatable bonds is 10. The summed E-state index contributed by atoms with van der Waals surface area (Å²) in [4.78, 5) is 41.1. The fourth-order valence-electron chi connectivity index (χ4n) is 3.14. The Balaban J connectivity index is 1.49. The van der Waals surface area contributed by atoms with E-state index in [2.05, 4.69) is 35.5 Å². The summed E-state index contributed by atoms with van der Waals surface area (Å²) in [5.74, 6) is 1.55. The van der Waals surface area contributed by atoms with E-state index in [1.54, 1.807) is 57.7 Å². The van der Waals surface area contributed by atoms with Gasteiger partial charge < -0.3 is 25.3 Å². The fraction of sp³-hybridized carbons (Fsp3) is 0.391. The van der Waals surface area contributed by atoms with E-state index < -0.39 is 11.7 Å². The number of H-pyrrole nitrogens is 2. The summed E-state index contributed by atoms with van der Waals surface area (Å²) in [6.45, 7) is 7.93. The molecule has 3 rings (SSSR count). The Kier molecular flexibility index (Phi) is 8.20. The van der Waals surface area contributed by atoms with Gasteiger partial charge in [-0.1, -0.05) is 12.1 Å². The minimum atomic E-state index is -0.555. The first-order chi connectivity index (χ1) is 15.8. The lowest BCUT2D eigenvalue weighted by atomic mass is 10.1. The molecule has 0 fully saturated rings. The number of nitrogens with zero attached hydrogens (tertiary/aromatic N) is 3. The van der Waals surface area contributed by atoms with Gasteiger partial charge in [0.2, 0.25) is 0 Å². The van der Waals surface area contributed by atoms with Crippen molar-refractivity contribution in [2.24, 2.45) is 0 Å². The predicted octanol–water partition coefficient (Wildman–Crippen LogP) is 2.59. The third kappa shape index (κ3) is 8.41. The molecule has 10 nitrogen and oxygen atoms in total. The number of hydrogen-bond donors (Lipinski definition) is 4. The fourth-order valence-corrected chi connectivity index (χ4v) is 3.14. The summed E-state index contributed by atoms with van der Waals surface area (Å²) >= 11 is 0. The van der Waals surface area contributed by atoms with E-state index in [0.29, 0.717) is 31.7 Å². The minimum Gasteiger partial charge on any atom is -0.444 e. The molecule has 0 spiro atoms. The molecule has 3 aromatic rings. The molecule has 2 aromatic heterocycles. The Morgan fingerprint density at radius 2 is 1.48 bits per heavy atom. The van der Waals surface area contributed by atoms with Crippen LogP contribution >= 0.6 is 0 Å². The third-order valence-corrected chi connectivity index (χ3v) is 4.56. The van der Waals surface area contributed by atoms with Crippen molar-refractivity contribution in [1.82, 2.24) is 35.5 Å². The summed E-state index contributed by atoms with van der Waals surface area (Å²) < 4.78 is 5.16. The lowest BCUT2D eigenvalue weighted by Gasteiger charge is -2.20. The molecule has 0 bridgehead atoms. The topological polar surface area (TPSA) is 128 Å². The molecule has 0 aliphatic carbocycles. The van der Waals surface area contributed by atoms with Crippen LogP contribution in [0.1, 0.15) is 48.3 Å². The van der Waals surface area contributed by atoms with Crippen molar-refractivity contribution in [3.05, 3.63) is 71.8 Å². The maximum atomic E-state index is 12.4. The van der Waals surface area contributed by atoms with Crippen LogP contribution in [0, 0.1) is 0 Å². The van der Waals surface area contributed by atoms with Gasteiger partial charge in [-0.05, 0) is 38.5 Å². The number of benzene rings is 1. The lowest BCUT2D eigenvalue weighted by molar-refractivity contribution is 0.0526. The van der Waals surface area contributed by atoms with Gasteiger partial charge in [-0.25, -0.2) is 14.8 Å². The summed E-state index contributed by atoms with van der Waals surface area (Å²) in [6, 6.07) is 7.46. The first-order valence-corrected chi connectivity index (χ1v) is 10.8. The number of nitrogens with one attached hydrogen (secondary N) is 4. The van der Waals surface area contributed by atoms with Crippen molar-refractivity contribution < 1.29 is 14.3 Å². The molecule has 4 N–H and O–H groups in total. The van der Waals surface area contributed by atoms with Gasteiger partial charge in [-0.15, -0.1) is 0 Å². The molecule has 176 valence electrons. The first-order valence-electron chi connectivity index (χ1n) is 10.8. The molecule has 0 saturated carbocycles. The Morgan fingerprint density at radius 3 is 2.00 bits per heavy atom. The molecule has 0 unspecified atom stereocenters. The third-order valence-electron chi connectivity index (χ3n) is 4.56. The van der Waals surface area contributed by atoms with Crippen molar-refractivity contribution >= 4 is 12.0 Å². The van der Waals surface area contributed by atoms with E-state index in [1.165, 1.54) is 0 Å². The van der Waals surface area contributed by atoms with Crippen molar-refractivity contribution in [2.75, 3.05) is 13.1 Å². The number of alkyl carbamates (subject to hydrolysis) is 1. The highest BCUT2D eigenvalue weighted by Crippen LogP contribution is 2.12. The predicted molar refractivity (Wildman–Crippen MR) is 123 cm³/mol. The van der Waals surface area contributed by atoms with Crippen LogP contribution in [0.4, 0.5) is 4.79 Å². The molecular weight excluding hydrogens is 422 g/mol. The Morgan fingerprint density at radius 1 is 0.909 bits per heavy atom. The summed E-state index contributed by atoms with van der Waals surface area (Å²) in [5, 5.41) is 5.41. The number of aromatic amines is 2. The van der Waals surface area contributed by atoms with Crippen molar-refractivity contribution in [1.29, 1.82) is 0 Å². The molecule has 2 amide bonds. The van der Waals surface area contributed by atoms with Crippen LogP contribution in [-0.2, 0) is 24.4 Å². The van der Waals surface area contributed by atoms with E-state index in [9.17, 15) is 9.59 Å². The van der Waals surface area contributed by atoms with Gasteiger partial charge in [0.1, 0.15) is 17.2 Å².